The summed E-state index contributed by atoms with van der Waals surface area (Å²) < 4.78 is 14.4. The van der Waals surface area contributed by atoms with Crippen LogP contribution in [-0.4, -0.2) is 50.6 Å². The largest absolute Gasteiger partial charge is 0.370 e. The number of nitrogens with one attached hydrogen (secondary N) is 3. The van der Waals surface area contributed by atoms with Crippen LogP contribution in [0, 0.1) is 5.82 Å². The van der Waals surface area contributed by atoms with Crippen LogP contribution in [0.25, 0.3) is 0 Å². The molecule has 0 aliphatic heterocycles. The maximum absolute atomic E-state index is 14.4. The molecule has 0 aliphatic rings. The van der Waals surface area contributed by atoms with Gasteiger partial charge in [0.1, 0.15) is 5.82 Å². The van der Waals surface area contributed by atoms with Crippen molar-refractivity contribution in [3.05, 3.63) is 59.4 Å². The molecule has 8 heteroatoms. The zero-order valence-electron chi connectivity index (χ0n) is 18.7. The van der Waals surface area contributed by atoms with Gasteiger partial charge >= 0.3 is 6.03 Å². The van der Waals surface area contributed by atoms with Crippen molar-refractivity contribution >= 4 is 23.3 Å². The van der Waals surface area contributed by atoms with E-state index in [9.17, 15) is 14.0 Å². The highest BCUT2D eigenvalue weighted by molar-refractivity contribution is 5.92. The van der Waals surface area contributed by atoms with Crippen LogP contribution in [0.2, 0.25) is 0 Å². The summed E-state index contributed by atoms with van der Waals surface area (Å²) in [6.45, 7) is 6.25. The molecule has 0 atom stereocenters. The van der Waals surface area contributed by atoms with Crippen molar-refractivity contribution in [3.63, 3.8) is 0 Å². The molecule has 0 saturated heterocycles. The molecule has 2 rings (SSSR count). The average molecular weight is 430 g/mol. The van der Waals surface area contributed by atoms with Crippen molar-refractivity contribution in [2.24, 2.45) is 0 Å². The SMILES string of the molecule is CCN(CC)c1ccc(CNC(=O)NCc2cccc(NC(=O)CN(C)C)c2)cc1F. The number of amides is 3. The van der Waals surface area contributed by atoms with Crippen molar-refractivity contribution in [1.82, 2.24) is 15.5 Å². The van der Waals surface area contributed by atoms with E-state index in [1.54, 1.807) is 17.0 Å². The molecule has 2 aromatic carbocycles. The Morgan fingerprint density at radius 1 is 0.935 bits per heavy atom. The quantitative estimate of drug-likeness (QED) is 0.542. The Morgan fingerprint density at radius 3 is 2.16 bits per heavy atom. The third-order valence-electron chi connectivity index (χ3n) is 4.69. The van der Waals surface area contributed by atoms with Gasteiger partial charge in [-0.3, -0.25) is 4.79 Å². The summed E-state index contributed by atoms with van der Waals surface area (Å²) in [5.74, 6) is -0.399. The average Bonchev–Trinajstić information content (AvgIpc) is 2.72. The van der Waals surface area contributed by atoms with Crippen LogP contribution in [0.3, 0.4) is 0 Å². The molecule has 0 aromatic heterocycles. The van der Waals surface area contributed by atoms with E-state index in [1.807, 2.05) is 57.1 Å². The van der Waals surface area contributed by atoms with E-state index in [1.165, 1.54) is 6.07 Å². The molecule has 0 radical (unpaired) electrons. The van der Waals surface area contributed by atoms with Gasteiger partial charge in [-0.2, -0.15) is 0 Å². The van der Waals surface area contributed by atoms with E-state index < -0.39 is 0 Å². The highest BCUT2D eigenvalue weighted by Crippen LogP contribution is 2.20. The third-order valence-corrected chi connectivity index (χ3v) is 4.69. The summed E-state index contributed by atoms with van der Waals surface area (Å²) in [5, 5.41) is 8.33. The Labute approximate surface area is 183 Å². The fraction of sp³-hybridized carbons (Fsp3) is 0.391. The van der Waals surface area contributed by atoms with Gasteiger partial charge in [0.05, 0.1) is 12.2 Å². The van der Waals surface area contributed by atoms with Gasteiger partial charge in [0.15, 0.2) is 0 Å². The van der Waals surface area contributed by atoms with Crippen LogP contribution in [0.4, 0.5) is 20.6 Å². The Bertz CT molecular complexity index is 884. The van der Waals surface area contributed by atoms with Crippen molar-refractivity contribution in [2.75, 3.05) is 43.9 Å². The Balaban J connectivity index is 1.84. The molecule has 0 spiro atoms. The number of carbonyl (C=O) groups excluding carboxylic acids is 2. The van der Waals surface area contributed by atoms with Crippen LogP contribution in [0.1, 0.15) is 25.0 Å². The number of rotatable bonds is 10. The lowest BCUT2D eigenvalue weighted by molar-refractivity contribution is -0.116. The molecule has 2 aromatic rings. The number of halogens is 1. The van der Waals surface area contributed by atoms with Gasteiger partial charge in [-0.05, 0) is 63.3 Å². The van der Waals surface area contributed by atoms with Crippen molar-refractivity contribution in [1.29, 1.82) is 0 Å². The minimum Gasteiger partial charge on any atom is -0.370 e. The van der Waals surface area contributed by atoms with E-state index in [0.717, 1.165) is 18.7 Å². The Hall–Kier alpha value is -3.13. The predicted molar refractivity (Wildman–Crippen MR) is 123 cm³/mol. The highest BCUT2D eigenvalue weighted by Gasteiger charge is 2.10. The molecular weight excluding hydrogens is 397 g/mol. The lowest BCUT2D eigenvalue weighted by atomic mass is 10.1. The van der Waals surface area contributed by atoms with Gasteiger partial charge in [-0.1, -0.05) is 18.2 Å². The molecule has 0 heterocycles. The second-order valence-corrected chi connectivity index (χ2v) is 7.48. The third kappa shape index (κ3) is 7.90. The molecule has 0 saturated carbocycles. The number of anilines is 2. The number of likely N-dealkylation sites (N-methyl/N-ethyl adjacent to an activating group) is 1. The Morgan fingerprint density at radius 2 is 1.58 bits per heavy atom. The Kier molecular flexibility index (Phi) is 9.27. The number of hydrogen-bond donors (Lipinski definition) is 3. The first-order valence-electron chi connectivity index (χ1n) is 10.4. The summed E-state index contributed by atoms with van der Waals surface area (Å²) in [7, 11) is 3.65. The smallest absolute Gasteiger partial charge is 0.315 e. The van der Waals surface area contributed by atoms with E-state index in [2.05, 4.69) is 16.0 Å². The van der Waals surface area contributed by atoms with E-state index in [-0.39, 0.29) is 24.3 Å². The normalized spacial score (nSPS) is 10.6. The van der Waals surface area contributed by atoms with Gasteiger partial charge in [-0.15, -0.1) is 0 Å². The van der Waals surface area contributed by atoms with Crippen LogP contribution >= 0.6 is 0 Å². The van der Waals surface area contributed by atoms with Crippen molar-refractivity contribution in [3.8, 4) is 0 Å². The lowest BCUT2D eigenvalue weighted by Gasteiger charge is -2.22. The molecule has 7 nitrogen and oxygen atoms in total. The molecule has 0 bridgehead atoms. The van der Waals surface area contributed by atoms with Crippen LogP contribution in [0.15, 0.2) is 42.5 Å². The highest BCUT2D eigenvalue weighted by atomic mass is 19.1. The summed E-state index contributed by atoms with van der Waals surface area (Å²) in [4.78, 5) is 27.7. The zero-order valence-corrected chi connectivity index (χ0v) is 18.7. The molecule has 0 aliphatic carbocycles. The maximum atomic E-state index is 14.4. The van der Waals surface area contributed by atoms with Crippen LogP contribution in [0.5, 0.6) is 0 Å². The predicted octanol–water partition coefficient (Wildman–Crippen LogP) is 3.17. The minimum absolute atomic E-state index is 0.105. The monoisotopic (exact) mass is 429 g/mol. The topological polar surface area (TPSA) is 76.7 Å². The summed E-state index contributed by atoms with van der Waals surface area (Å²) in [5.41, 5.74) is 2.78. The second kappa shape index (κ2) is 11.9. The molecule has 0 unspecified atom stereocenters. The molecule has 31 heavy (non-hydrogen) atoms. The van der Waals surface area contributed by atoms with Gasteiger partial charge in [0, 0.05) is 31.9 Å². The van der Waals surface area contributed by atoms with Crippen LogP contribution < -0.4 is 20.9 Å². The van der Waals surface area contributed by atoms with E-state index in [4.69, 9.17) is 0 Å². The summed E-state index contributed by atoms with van der Waals surface area (Å²) >= 11 is 0. The molecule has 3 amide bonds. The molecular formula is C23H32FN5O2. The standard InChI is InChI=1S/C23H32FN5O2/c1-5-29(6-2)21-11-10-18(13-20(21)24)15-26-23(31)25-14-17-8-7-9-19(12-17)27-22(30)16-28(3)4/h7-13H,5-6,14-16H2,1-4H3,(H,27,30)(H2,25,26,31). The van der Waals surface area contributed by atoms with E-state index >= 15 is 0 Å². The lowest BCUT2D eigenvalue weighted by Crippen LogP contribution is -2.34. The number of benzene rings is 2. The minimum atomic E-state index is -0.352. The molecule has 168 valence electrons. The summed E-state index contributed by atoms with van der Waals surface area (Å²) in [6, 6.07) is 12.0. The fourth-order valence-corrected chi connectivity index (χ4v) is 3.16. The molecule has 0 fully saturated rings. The van der Waals surface area contributed by atoms with E-state index in [0.29, 0.717) is 30.0 Å². The van der Waals surface area contributed by atoms with Crippen LogP contribution in [-0.2, 0) is 17.9 Å². The second-order valence-electron chi connectivity index (χ2n) is 7.48. The number of carbonyl (C=O) groups is 2. The maximum Gasteiger partial charge on any atom is 0.315 e. The summed E-state index contributed by atoms with van der Waals surface area (Å²) in [6.07, 6.45) is 0. The fourth-order valence-electron chi connectivity index (χ4n) is 3.16. The van der Waals surface area contributed by atoms with Gasteiger partial charge in [0.2, 0.25) is 5.91 Å². The zero-order chi connectivity index (χ0) is 22.8. The van der Waals surface area contributed by atoms with Crippen molar-refractivity contribution < 1.29 is 14.0 Å². The number of hydrogen-bond acceptors (Lipinski definition) is 4. The first kappa shape index (κ1) is 24.1. The number of urea groups is 1. The van der Waals surface area contributed by atoms with Gasteiger partial charge < -0.3 is 25.8 Å². The first-order valence-corrected chi connectivity index (χ1v) is 10.4. The van der Waals surface area contributed by atoms with Gasteiger partial charge in [0.25, 0.3) is 0 Å². The molecule has 3 N–H and O–H groups in total. The first-order chi connectivity index (χ1) is 14.8. The van der Waals surface area contributed by atoms with Crippen molar-refractivity contribution in [2.45, 2.75) is 26.9 Å². The van der Waals surface area contributed by atoms with Gasteiger partial charge in [-0.25, -0.2) is 9.18 Å². The number of nitrogens with zero attached hydrogens (tertiary/aromatic N) is 2.